The summed E-state index contributed by atoms with van der Waals surface area (Å²) >= 11 is 5.90. The van der Waals surface area contributed by atoms with Crippen molar-refractivity contribution in [3.05, 3.63) is 88.3 Å². The third kappa shape index (κ3) is 4.18. The van der Waals surface area contributed by atoms with Crippen LogP contribution in [0.5, 0.6) is 0 Å². The molecule has 23 heavy (non-hydrogen) atoms. The second-order valence-corrected chi connectivity index (χ2v) is 5.51. The van der Waals surface area contributed by atoms with Gasteiger partial charge in [-0.15, -0.1) is 0 Å². The molecular formula is C19H15ClN2O. The minimum Gasteiger partial charge on any atom is -0.357 e. The van der Waals surface area contributed by atoms with E-state index in [2.05, 4.69) is 10.1 Å². The van der Waals surface area contributed by atoms with Gasteiger partial charge in [0.25, 0.3) is 0 Å². The lowest BCUT2D eigenvalue weighted by Gasteiger charge is -2.01. The van der Waals surface area contributed by atoms with Gasteiger partial charge in [-0.3, -0.25) is 4.99 Å². The first-order valence-electron chi connectivity index (χ1n) is 7.21. The monoisotopic (exact) mass is 322 g/mol. The van der Waals surface area contributed by atoms with Gasteiger partial charge in [0.05, 0.1) is 11.4 Å². The van der Waals surface area contributed by atoms with Gasteiger partial charge in [-0.05, 0) is 24.6 Å². The molecule has 0 N–H and O–H groups in total. The Morgan fingerprint density at radius 3 is 2.48 bits per heavy atom. The van der Waals surface area contributed by atoms with Crippen LogP contribution in [-0.2, 0) is 0 Å². The average molecular weight is 323 g/mol. The van der Waals surface area contributed by atoms with Crippen molar-refractivity contribution in [2.45, 2.75) is 6.92 Å². The Kier molecular flexibility index (Phi) is 4.69. The van der Waals surface area contributed by atoms with E-state index in [0.29, 0.717) is 10.8 Å². The van der Waals surface area contributed by atoms with E-state index >= 15 is 0 Å². The zero-order valence-electron chi connectivity index (χ0n) is 12.6. The lowest BCUT2D eigenvalue weighted by atomic mass is 10.1. The van der Waals surface area contributed by atoms with Crippen LogP contribution in [-0.4, -0.2) is 11.4 Å². The summed E-state index contributed by atoms with van der Waals surface area (Å²) in [6.45, 7) is 1.89. The average Bonchev–Trinajstić information content (AvgIpc) is 2.99. The van der Waals surface area contributed by atoms with E-state index in [4.69, 9.17) is 16.1 Å². The van der Waals surface area contributed by atoms with Crippen molar-refractivity contribution in [3.63, 3.8) is 0 Å². The molecule has 1 aromatic heterocycles. The molecule has 0 radical (unpaired) electrons. The van der Waals surface area contributed by atoms with Crippen LogP contribution < -0.4 is 0 Å². The predicted molar refractivity (Wildman–Crippen MR) is 94.6 cm³/mol. The summed E-state index contributed by atoms with van der Waals surface area (Å²) in [6.07, 6.45) is 3.68. The molecular weight excluding hydrogens is 308 g/mol. The van der Waals surface area contributed by atoms with Gasteiger partial charge in [0.1, 0.15) is 0 Å². The molecule has 3 aromatic rings. The summed E-state index contributed by atoms with van der Waals surface area (Å²) in [6, 6.07) is 19.4. The third-order valence-electron chi connectivity index (χ3n) is 3.22. The fourth-order valence-electron chi connectivity index (χ4n) is 2.08. The second-order valence-electron chi connectivity index (χ2n) is 5.08. The van der Waals surface area contributed by atoms with Crippen molar-refractivity contribution in [1.82, 2.24) is 5.16 Å². The van der Waals surface area contributed by atoms with Gasteiger partial charge < -0.3 is 4.52 Å². The first-order chi connectivity index (χ1) is 11.2. The molecule has 0 atom stereocenters. The van der Waals surface area contributed by atoms with Crippen molar-refractivity contribution in [2.75, 3.05) is 0 Å². The molecule has 2 aromatic carbocycles. The minimum absolute atomic E-state index is 0.676. The molecule has 0 saturated carbocycles. The Bertz CT molecular complexity index is 833. The molecule has 0 unspecified atom stereocenters. The first-order valence-corrected chi connectivity index (χ1v) is 7.58. The van der Waals surface area contributed by atoms with Crippen LogP contribution in [0.15, 0.2) is 70.2 Å². The fraction of sp³-hybridized carbons (Fsp3) is 0.0526. The number of aliphatic imine (C=N–C) groups is 1. The lowest BCUT2D eigenvalue weighted by molar-refractivity contribution is 0.408. The van der Waals surface area contributed by atoms with Crippen LogP contribution in [0.2, 0.25) is 5.02 Å². The quantitative estimate of drug-likeness (QED) is 0.615. The van der Waals surface area contributed by atoms with Crippen molar-refractivity contribution in [2.24, 2.45) is 4.99 Å². The molecule has 3 rings (SSSR count). The third-order valence-corrected chi connectivity index (χ3v) is 3.47. The Labute approximate surface area is 139 Å². The minimum atomic E-state index is 0.676. The summed E-state index contributed by atoms with van der Waals surface area (Å²) in [5.41, 5.74) is 3.62. The number of benzene rings is 2. The summed E-state index contributed by atoms with van der Waals surface area (Å²) in [5.74, 6) is 0.676. The maximum Gasteiger partial charge on any atom is 0.162 e. The van der Waals surface area contributed by atoms with Crippen LogP contribution in [0.3, 0.4) is 0 Å². The van der Waals surface area contributed by atoms with Gasteiger partial charge in [0, 0.05) is 28.9 Å². The Morgan fingerprint density at radius 2 is 1.83 bits per heavy atom. The molecule has 3 nitrogen and oxygen atoms in total. The zero-order valence-corrected chi connectivity index (χ0v) is 13.4. The number of rotatable bonds is 4. The van der Waals surface area contributed by atoms with Crippen LogP contribution in [0.25, 0.3) is 11.8 Å². The highest BCUT2D eigenvalue weighted by Crippen LogP contribution is 2.20. The molecule has 4 heteroatoms. The van der Waals surface area contributed by atoms with Crippen molar-refractivity contribution >= 4 is 29.6 Å². The van der Waals surface area contributed by atoms with Gasteiger partial charge in [-0.25, -0.2) is 0 Å². The number of nitrogens with zero attached hydrogens (tertiary/aromatic N) is 2. The summed E-state index contributed by atoms with van der Waals surface area (Å²) in [5, 5.41) is 4.61. The number of aromatic nitrogens is 1. The number of halogens is 1. The largest absolute Gasteiger partial charge is 0.357 e. The summed E-state index contributed by atoms with van der Waals surface area (Å²) < 4.78 is 5.27. The molecule has 0 amide bonds. The standard InChI is InChI=1S/C19H15ClN2O/c1-14-11-18(23-22-14)12-19(16-5-3-2-4-6-16)21-13-15-7-9-17(20)10-8-15/h2-13H,1H3/b19-12-,21-13?. The number of aryl methyl sites for hydroxylation is 1. The Balaban J connectivity index is 1.95. The molecule has 0 aliphatic heterocycles. The van der Waals surface area contributed by atoms with E-state index in [0.717, 1.165) is 22.5 Å². The maximum atomic E-state index is 5.90. The highest BCUT2D eigenvalue weighted by atomic mass is 35.5. The number of hydrogen-bond acceptors (Lipinski definition) is 3. The van der Waals surface area contributed by atoms with Crippen LogP contribution in [0.4, 0.5) is 0 Å². The fourth-order valence-corrected chi connectivity index (χ4v) is 2.21. The SMILES string of the molecule is Cc1cc(/C=C(\N=Cc2ccc(Cl)cc2)c2ccccc2)on1. The summed E-state index contributed by atoms with van der Waals surface area (Å²) in [7, 11) is 0. The van der Waals surface area contributed by atoms with E-state index in [9.17, 15) is 0 Å². The normalized spacial score (nSPS) is 12.0. The van der Waals surface area contributed by atoms with Crippen molar-refractivity contribution in [1.29, 1.82) is 0 Å². The first kappa shape index (κ1) is 15.3. The molecule has 0 aliphatic carbocycles. The van der Waals surface area contributed by atoms with E-state index in [1.54, 1.807) is 6.21 Å². The topological polar surface area (TPSA) is 38.4 Å². The van der Waals surface area contributed by atoms with Crippen molar-refractivity contribution < 1.29 is 4.52 Å². The van der Waals surface area contributed by atoms with E-state index < -0.39 is 0 Å². The predicted octanol–water partition coefficient (Wildman–Crippen LogP) is 5.25. The zero-order chi connectivity index (χ0) is 16.1. The summed E-state index contributed by atoms with van der Waals surface area (Å²) in [4.78, 5) is 4.60. The molecule has 0 bridgehead atoms. The van der Waals surface area contributed by atoms with Crippen LogP contribution in [0, 0.1) is 6.92 Å². The second kappa shape index (κ2) is 7.07. The van der Waals surface area contributed by atoms with Gasteiger partial charge in [-0.1, -0.05) is 59.2 Å². The van der Waals surface area contributed by atoms with Gasteiger partial charge in [0.15, 0.2) is 5.76 Å². The molecule has 0 fully saturated rings. The number of hydrogen-bond donors (Lipinski definition) is 0. The van der Waals surface area contributed by atoms with Crippen LogP contribution in [0.1, 0.15) is 22.6 Å². The Hall–Kier alpha value is -2.65. The van der Waals surface area contributed by atoms with Crippen LogP contribution >= 0.6 is 11.6 Å². The van der Waals surface area contributed by atoms with Gasteiger partial charge >= 0.3 is 0 Å². The molecule has 0 aliphatic rings. The highest BCUT2D eigenvalue weighted by Gasteiger charge is 2.03. The highest BCUT2D eigenvalue weighted by molar-refractivity contribution is 6.30. The molecule has 0 spiro atoms. The van der Waals surface area contributed by atoms with E-state index in [1.165, 1.54) is 0 Å². The smallest absolute Gasteiger partial charge is 0.162 e. The Morgan fingerprint density at radius 1 is 1.09 bits per heavy atom. The molecule has 114 valence electrons. The van der Waals surface area contributed by atoms with Gasteiger partial charge in [-0.2, -0.15) is 0 Å². The molecule has 1 heterocycles. The molecule has 0 saturated heterocycles. The van der Waals surface area contributed by atoms with Gasteiger partial charge in [0.2, 0.25) is 0 Å². The maximum absolute atomic E-state index is 5.90. The van der Waals surface area contributed by atoms with E-state index in [1.807, 2.05) is 73.7 Å². The van der Waals surface area contributed by atoms with Crippen molar-refractivity contribution in [3.8, 4) is 0 Å². The van der Waals surface area contributed by atoms with E-state index in [-0.39, 0.29) is 0 Å². The lowest BCUT2D eigenvalue weighted by Crippen LogP contribution is -1.84.